The number of ketones is 1. The first kappa shape index (κ1) is 14.7. The summed E-state index contributed by atoms with van der Waals surface area (Å²) in [4.78, 5) is 11.8. The van der Waals surface area contributed by atoms with Crippen LogP contribution in [0, 0.1) is 23.1 Å². The molecule has 0 saturated carbocycles. The smallest absolute Gasteiger partial charge is 0.176 e. The van der Waals surface area contributed by atoms with Gasteiger partial charge in [-0.15, -0.1) is 0 Å². The van der Waals surface area contributed by atoms with E-state index < -0.39 is 0 Å². The summed E-state index contributed by atoms with van der Waals surface area (Å²) in [6.07, 6.45) is 1.43. The monoisotopic (exact) mass is 283 g/mol. The maximum absolute atomic E-state index is 12.9. The molecule has 0 N–H and O–H groups in total. The summed E-state index contributed by atoms with van der Waals surface area (Å²) < 4.78 is 18.4. The predicted octanol–water partition coefficient (Wildman–Crippen LogP) is 4.22. The van der Waals surface area contributed by atoms with Crippen LogP contribution in [0.1, 0.15) is 19.6 Å². The molecule has 0 bridgehead atoms. The van der Waals surface area contributed by atoms with Gasteiger partial charge < -0.3 is 4.42 Å². The van der Waals surface area contributed by atoms with Gasteiger partial charge in [-0.05, 0) is 36.4 Å². The number of carbonyl (C=O) groups excluding carboxylic acids is 1. The van der Waals surface area contributed by atoms with Gasteiger partial charge in [0, 0.05) is 17.6 Å². The van der Waals surface area contributed by atoms with Crippen molar-refractivity contribution in [1.82, 2.24) is 0 Å². The zero-order chi connectivity index (χ0) is 15.4. The Kier molecular flexibility index (Phi) is 4.34. The minimum Gasteiger partial charge on any atom is -0.457 e. The highest BCUT2D eigenvalue weighted by atomic mass is 19.1. The van der Waals surface area contributed by atoms with Crippen molar-refractivity contribution >= 4 is 11.9 Å². The van der Waals surface area contributed by atoms with Crippen LogP contribution in [0.15, 0.2) is 46.4 Å². The van der Waals surface area contributed by atoms with Crippen LogP contribution >= 0.6 is 0 Å². The molecule has 2 aromatic rings. The molecule has 106 valence electrons. The Hall–Kier alpha value is -2.67. The Bertz CT molecular complexity index is 718. The number of nitrogens with zero attached hydrogens (tertiary/aromatic N) is 1. The van der Waals surface area contributed by atoms with Crippen LogP contribution < -0.4 is 0 Å². The van der Waals surface area contributed by atoms with Gasteiger partial charge in [0.05, 0.1) is 5.57 Å². The number of nitriles is 1. The van der Waals surface area contributed by atoms with E-state index in [4.69, 9.17) is 9.68 Å². The van der Waals surface area contributed by atoms with Crippen LogP contribution in [0.2, 0.25) is 0 Å². The van der Waals surface area contributed by atoms with Crippen LogP contribution in [0.4, 0.5) is 4.39 Å². The quantitative estimate of drug-likeness (QED) is 0.623. The van der Waals surface area contributed by atoms with Crippen molar-refractivity contribution in [1.29, 1.82) is 5.26 Å². The number of allylic oxidation sites excluding steroid dienone is 1. The summed E-state index contributed by atoms with van der Waals surface area (Å²) in [5.41, 5.74) is 0.787. The molecule has 3 nitrogen and oxygen atoms in total. The lowest BCUT2D eigenvalue weighted by atomic mass is 10.0. The Morgan fingerprint density at radius 1 is 1.24 bits per heavy atom. The minimum absolute atomic E-state index is 0.0602. The van der Waals surface area contributed by atoms with Crippen LogP contribution in [0.5, 0.6) is 0 Å². The number of carbonyl (C=O) groups is 1. The van der Waals surface area contributed by atoms with E-state index in [0.717, 1.165) is 5.56 Å². The summed E-state index contributed by atoms with van der Waals surface area (Å²) in [7, 11) is 0. The van der Waals surface area contributed by atoms with Gasteiger partial charge in [-0.3, -0.25) is 4.79 Å². The fourth-order valence-corrected chi connectivity index (χ4v) is 1.81. The summed E-state index contributed by atoms with van der Waals surface area (Å²) in [5.74, 6) is 0.176. The van der Waals surface area contributed by atoms with Crippen molar-refractivity contribution in [3.8, 4) is 17.4 Å². The molecule has 0 unspecified atom stereocenters. The lowest BCUT2D eigenvalue weighted by molar-refractivity contribution is -0.117. The standard InChI is InChI=1S/C17H14FNO2/c1-11(2)17(20)13(10-19)9-15-7-8-16(21-15)12-3-5-14(18)6-4-12/h3-9,11H,1-2H3/b13-9+. The van der Waals surface area contributed by atoms with E-state index in [-0.39, 0.29) is 23.1 Å². The Labute approximate surface area is 122 Å². The van der Waals surface area contributed by atoms with Crippen molar-refractivity contribution < 1.29 is 13.6 Å². The summed E-state index contributed by atoms with van der Waals surface area (Å²) >= 11 is 0. The van der Waals surface area contributed by atoms with E-state index in [1.807, 2.05) is 6.07 Å². The first-order valence-electron chi connectivity index (χ1n) is 6.53. The molecule has 0 spiro atoms. The second-order valence-corrected chi connectivity index (χ2v) is 4.90. The SMILES string of the molecule is CC(C)C(=O)/C(C#N)=C/c1ccc(-c2ccc(F)cc2)o1. The zero-order valence-corrected chi connectivity index (χ0v) is 11.8. The normalized spacial score (nSPS) is 11.5. The second kappa shape index (κ2) is 6.19. The van der Waals surface area contributed by atoms with E-state index in [0.29, 0.717) is 11.5 Å². The van der Waals surface area contributed by atoms with Gasteiger partial charge in [-0.25, -0.2) is 4.39 Å². The maximum atomic E-state index is 12.9. The number of furan rings is 1. The number of halogens is 1. The van der Waals surface area contributed by atoms with Crippen molar-refractivity contribution in [2.24, 2.45) is 5.92 Å². The van der Waals surface area contributed by atoms with E-state index >= 15 is 0 Å². The third kappa shape index (κ3) is 3.46. The van der Waals surface area contributed by atoms with E-state index in [2.05, 4.69) is 0 Å². The molecule has 1 heterocycles. The Morgan fingerprint density at radius 3 is 2.48 bits per heavy atom. The molecule has 2 rings (SSSR count). The van der Waals surface area contributed by atoms with Gasteiger partial charge in [-0.2, -0.15) is 5.26 Å². The highest BCUT2D eigenvalue weighted by Gasteiger charge is 2.14. The molecule has 1 aromatic carbocycles. The molecular weight excluding hydrogens is 269 g/mol. The summed E-state index contributed by atoms with van der Waals surface area (Å²) in [6, 6.07) is 11.2. The number of hydrogen-bond acceptors (Lipinski definition) is 3. The number of rotatable bonds is 4. The van der Waals surface area contributed by atoms with Crippen molar-refractivity contribution in [3.63, 3.8) is 0 Å². The lowest BCUT2D eigenvalue weighted by Crippen LogP contribution is -2.08. The van der Waals surface area contributed by atoms with Gasteiger partial charge in [0.1, 0.15) is 23.4 Å². The van der Waals surface area contributed by atoms with Crippen LogP contribution in [-0.2, 0) is 4.79 Å². The van der Waals surface area contributed by atoms with Crippen molar-refractivity contribution in [3.05, 3.63) is 53.5 Å². The molecule has 0 aliphatic rings. The topological polar surface area (TPSA) is 54.0 Å². The largest absolute Gasteiger partial charge is 0.457 e. The highest BCUT2D eigenvalue weighted by Crippen LogP contribution is 2.24. The molecule has 1 aromatic heterocycles. The predicted molar refractivity (Wildman–Crippen MR) is 77.5 cm³/mol. The van der Waals surface area contributed by atoms with E-state index in [1.54, 1.807) is 38.1 Å². The molecule has 0 aliphatic carbocycles. The first-order chi connectivity index (χ1) is 10.0. The zero-order valence-electron chi connectivity index (χ0n) is 11.8. The van der Waals surface area contributed by atoms with E-state index in [9.17, 15) is 9.18 Å². The van der Waals surface area contributed by atoms with Crippen LogP contribution in [0.3, 0.4) is 0 Å². The average Bonchev–Trinajstić information content (AvgIpc) is 2.93. The van der Waals surface area contributed by atoms with Gasteiger partial charge in [0.25, 0.3) is 0 Å². The molecule has 4 heteroatoms. The molecule has 0 saturated heterocycles. The molecular formula is C17H14FNO2. The van der Waals surface area contributed by atoms with E-state index in [1.165, 1.54) is 18.2 Å². The maximum Gasteiger partial charge on any atom is 0.176 e. The van der Waals surface area contributed by atoms with Gasteiger partial charge in [0.15, 0.2) is 5.78 Å². The fraction of sp³-hybridized carbons (Fsp3) is 0.176. The third-order valence-corrected chi connectivity index (χ3v) is 2.95. The highest BCUT2D eigenvalue weighted by molar-refractivity contribution is 6.04. The summed E-state index contributed by atoms with van der Waals surface area (Å²) in [6.45, 7) is 3.47. The Morgan fingerprint density at radius 2 is 1.90 bits per heavy atom. The van der Waals surface area contributed by atoms with Gasteiger partial charge >= 0.3 is 0 Å². The molecule has 0 fully saturated rings. The second-order valence-electron chi connectivity index (χ2n) is 4.90. The van der Waals surface area contributed by atoms with Crippen LogP contribution in [-0.4, -0.2) is 5.78 Å². The number of Topliss-reactive ketones (excluding diaryl/α,β-unsaturated/α-hetero) is 1. The number of benzene rings is 1. The summed E-state index contributed by atoms with van der Waals surface area (Å²) in [5, 5.41) is 9.04. The minimum atomic E-state index is -0.320. The molecule has 0 radical (unpaired) electrons. The van der Waals surface area contributed by atoms with Crippen molar-refractivity contribution in [2.45, 2.75) is 13.8 Å². The fourth-order valence-electron chi connectivity index (χ4n) is 1.81. The molecule has 0 aliphatic heterocycles. The molecule has 0 atom stereocenters. The van der Waals surface area contributed by atoms with Gasteiger partial charge in [-0.1, -0.05) is 13.8 Å². The third-order valence-electron chi connectivity index (χ3n) is 2.95. The Balaban J connectivity index is 2.29. The molecule has 21 heavy (non-hydrogen) atoms. The van der Waals surface area contributed by atoms with Crippen LogP contribution in [0.25, 0.3) is 17.4 Å². The van der Waals surface area contributed by atoms with Crippen molar-refractivity contribution in [2.75, 3.05) is 0 Å². The van der Waals surface area contributed by atoms with Gasteiger partial charge in [0.2, 0.25) is 0 Å². The number of hydrogen-bond donors (Lipinski definition) is 0. The average molecular weight is 283 g/mol. The molecule has 0 amide bonds. The first-order valence-corrected chi connectivity index (χ1v) is 6.53. The lowest BCUT2D eigenvalue weighted by Gasteiger charge is -2.00.